The third-order valence-corrected chi connectivity index (χ3v) is 8.09. The first-order valence-electron chi connectivity index (χ1n) is 16.2. The van der Waals surface area contributed by atoms with Crippen LogP contribution >= 0.6 is 0 Å². The lowest BCUT2D eigenvalue weighted by molar-refractivity contribution is 0.0996. The van der Waals surface area contributed by atoms with Crippen LogP contribution in [0.25, 0.3) is 22.1 Å². The van der Waals surface area contributed by atoms with Gasteiger partial charge in [-0.25, -0.2) is 9.97 Å². The number of aromatic nitrogens is 8. The summed E-state index contributed by atoms with van der Waals surface area (Å²) in [7, 11) is 1.82. The number of carbonyl (C=O) groups excluding carboxylic acids is 3. The van der Waals surface area contributed by atoms with Crippen LogP contribution in [0.4, 0.5) is 17.6 Å². The van der Waals surface area contributed by atoms with Gasteiger partial charge in [0.15, 0.2) is 6.29 Å². The largest absolute Gasteiger partial charge is 0.397 e. The van der Waals surface area contributed by atoms with Crippen molar-refractivity contribution < 1.29 is 14.4 Å². The van der Waals surface area contributed by atoms with Gasteiger partial charge in [-0.2, -0.15) is 10.2 Å². The van der Waals surface area contributed by atoms with E-state index in [-0.39, 0.29) is 5.91 Å². The fraction of sp³-hybridized carbons (Fsp3) is 0.324. The highest BCUT2D eigenvalue weighted by Gasteiger charge is 2.19. The first kappa shape index (κ1) is 34.3. The molecule has 0 aliphatic heterocycles. The van der Waals surface area contributed by atoms with E-state index in [9.17, 15) is 14.4 Å². The van der Waals surface area contributed by atoms with Crippen LogP contribution < -0.4 is 22.1 Å². The summed E-state index contributed by atoms with van der Waals surface area (Å²) >= 11 is 0. The molecule has 0 atom stereocenters. The molecule has 2 aromatic carbocycles. The fourth-order valence-electron chi connectivity index (χ4n) is 5.78. The molecule has 2 amide bonds. The van der Waals surface area contributed by atoms with Gasteiger partial charge in [0, 0.05) is 38.8 Å². The van der Waals surface area contributed by atoms with Crippen LogP contribution in [0.1, 0.15) is 69.4 Å². The molecule has 4 heterocycles. The molecule has 0 aliphatic rings. The Morgan fingerprint density at radius 1 is 0.857 bits per heavy atom. The van der Waals surface area contributed by atoms with Gasteiger partial charge in [-0.15, -0.1) is 0 Å². The van der Waals surface area contributed by atoms with E-state index >= 15 is 0 Å². The molecular weight excluding hydrogens is 624 g/mol. The Balaban J connectivity index is 0.000000402. The van der Waals surface area contributed by atoms with E-state index in [1.165, 1.54) is 0 Å². The van der Waals surface area contributed by atoms with Gasteiger partial charge < -0.3 is 25.9 Å². The monoisotopic (exact) mass is 666 g/mol. The highest BCUT2D eigenvalue weighted by Crippen LogP contribution is 2.26. The Morgan fingerprint density at radius 3 is 2.16 bits per heavy atom. The number of nitrogen functional groups attached to an aromatic ring is 1. The lowest BCUT2D eigenvalue weighted by Crippen LogP contribution is -2.20. The van der Waals surface area contributed by atoms with Crippen LogP contribution in [0.3, 0.4) is 0 Å². The van der Waals surface area contributed by atoms with E-state index in [0.717, 1.165) is 48.1 Å². The molecule has 0 spiro atoms. The predicted octanol–water partition coefficient (Wildman–Crippen LogP) is 4.39. The van der Waals surface area contributed by atoms with Gasteiger partial charge in [0.25, 0.3) is 5.91 Å². The maximum atomic E-state index is 13.2. The summed E-state index contributed by atoms with van der Waals surface area (Å²) in [6, 6.07) is 14.5. The minimum absolute atomic E-state index is 0.272. The minimum Gasteiger partial charge on any atom is -0.397 e. The number of rotatable bonds is 12. The van der Waals surface area contributed by atoms with Gasteiger partial charge in [0.2, 0.25) is 17.8 Å². The molecule has 6 N–H and O–H groups in total. The highest BCUT2D eigenvalue weighted by molar-refractivity contribution is 6.03. The molecule has 0 saturated heterocycles. The second kappa shape index (κ2) is 14.8. The Kier molecular flexibility index (Phi) is 10.4. The van der Waals surface area contributed by atoms with Crippen molar-refractivity contribution in [2.24, 2.45) is 5.73 Å². The van der Waals surface area contributed by atoms with Crippen molar-refractivity contribution in [3.8, 4) is 0 Å². The Hall–Kier alpha value is -5.99. The molecular formula is C34H42N12O3. The molecule has 49 heavy (non-hydrogen) atoms. The summed E-state index contributed by atoms with van der Waals surface area (Å²) in [6.45, 7) is 10.3. The molecule has 15 nitrogen and oxygen atoms in total. The molecule has 0 unspecified atom stereocenters. The van der Waals surface area contributed by atoms with Crippen LogP contribution in [-0.2, 0) is 26.2 Å². The van der Waals surface area contributed by atoms with Crippen molar-refractivity contribution in [1.82, 2.24) is 38.7 Å². The normalized spacial score (nSPS) is 11.0. The van der Waals surface area contributed by atoms with Gasteiger partial charge in [-0.3, -0.25) is 29.1 Å². The third kappa shape index (κ3) is 7.30. The minimum atomic E-state index is -0.483. The fourth-order valence-corrected chi connectivity index (χ4v) is 5.78. The van der Waals surface area contributed by atoms with Crippen molar-refractivity contribution in [2.45, 2.75) is 66.7 Å². The van der Waals surface area contributed by atoms with Crippen LogP contribution in [-0.4, -0.2) is 63.8 Å². The van der Waals surface area contributed by atoms with Crippen LogP contribution in [0.2, 0.25) is 0 Å². The molecule has 0 radical (unpaired) electrons. The Morgan fingerprint density at radius 2 is 1.53 bits per heavy atom. The summed E-state index contributed by atoms with van der Waals surface area (Å²) in [5.74, 6) is 0.398. The number of hydrogen-bond donors (Lipinski definition) is 4. The molecule has 4 aromatic heterocycles. The SMILES string of the molecule is CCn1nc(C)cc1C(=O)Nc1nc2c(N)cccc2n1CCCCn1c(NC)nc2cc(C(N)=O)ccc21.CCn1nc(C)cc1C=O. The van der Waals surface area contributed by atoms with E-state index in [0.29, 0.717) is 65.2 Å². The van der Waals surface area contributed by atoms with E-state index in [2.05, 4.69) is 35.4 Å². The topological polar surface area (TPSA) is 199 Å². The third-order valence-electron chi connectivity index (χ3n) is 8.09. The maximum Gasteiger partial charge on any atom is 0.276 e. The number of unbranched alkanes of at least 4 members (excludes halogenated alkanes) is 1. The lowest BCUT2D eigenvalue weighted by atomic mass is 10.2. The Labute approximate surface area is 283 Å². The molecule has 0 bridgehead atoms. The number of aldehydes is 1. The number of anilines is 3. The first-order valence-corrected chi connectivity index (χ1v) is 16.2. The average molecular weight is 667 g/mol. The average Bonchev–Trinajstić information content (AvgIpc) is 3.85. The molecule has 0 fully saturated rings. The first-order chi connectivity index (χ1) is 23.6. The number of nitrogens with one attached hydrogen (secondary N) is 2. The number of hydrogen-bond acceptors (Lipinski definition) is 9. The zero-order chi connectivity index (χ0) is 35.2. The highest BCUT2D eigenvalue weighted by atomic mass is 16.2. The molecule has 256 valence electrons. The molecule has 0 saturated carbocycles. The Bertz CT molecular complexity index is 2130. The van der Waals surface area contributed by atoms with Crippen molar-refractivity contribution in [3.05, 3.63) is 76.9 Å². The quantitative estimate of drug-likeness (QED) is 0.0831. The van der Waals surface area contributed by atoms with E-state index in [1.807, 2.05) is 57.5 Å². The molecule has 0 aliphatic carbocycles. The number of primary amides is 1. The zero-order valence-corrected chi connectivity index (χ0v) is 28.4. The number of nitrogens with zero attached hydrogens (tertiary/aromatic N) is 8. The standard InChI is InChI=1S/C27H32N10O2.C7H10N2O/c1-4-37-22(14-16(2)34-37)25(39)33-27-32-23-18(28)8-7-9-21(23)36(27)13-6-5-12-35-20-11-10-17(24(29)38)15-19(20)31-26(35)30-3;1-3-9-7(5-10)4-6(2)8-9/h7-11,14-15H,4-6,12-13,28H2,1-3H3,(H2,29,38)(H,30,31)(H,32,33,39);4-5H,3H2,1-2H3. The molecule has 6 rings (SSSR count). The summed E-state index contributed by atoms with van der Waals surface area (Å²) in [5, 5.41) is 14.6. The van der Waals surface area contributed by atoms with Crippen molar-refractivity contribution in [2.75, 3.05) is 23.4 Å². The van der Waals surface area contributed by atoms with E-state index in [4.69, 9.17) is 11.5 Å². The van der Waals surface area contributed by atoms with Crippen LogP contribution in [0.15, 0.2) is 48.5 Å². The number of carbonyl (C=O) groups is 3. The number of nitrogens with two attached hydrogens (primary N) is 2. The summed E-state index contributed by atoms with van der Waals surface area (Å²) < 4.78 is 7.43. The van der Waals surface area contributed by atoms with Crippen molar-refractivity contribution in [3.63, 3.8) is 0 Å². The summed E-state index contributed by atoms with van der Waals surface area (Å²) in [6.07, 6.45) is 2.45. The number of para-hydroxylation sites is 1. The summed E-state index contributed by atoms with van der Waals surface area (Å²) in [4.78, 5) is 44.4. The van der Waals surface area contributed by atoms with Gasteiger partial charge in [-0.05, 0) is 83.0 Å². The lowest BCUT2D eigenvalue weighted by Gasteiger charge is -2.12. The predicted molar refractivity (Wildman–Crippen MR) is 190 cm³/mol. The van der Waals surface area contributed by atoms with Gasteiger partial charge in [-0.1, -0.05) is 6.07 Å². The molecule has 6 aromatic rings. The number of benzene rings is 2. The van der Waals surface area contributed by atoms with Gasteiger partial charge in [0.05, 0.1) is 33.6 Å². The van der Waals surface area contributed by atoms with Crippen LogP contribution in [0, 0.1) is 13.8 Å². The smallest absolute Gasteiger partial charge is 0.276 e. The van der Waals surface area contributed by atoms with Crippen molar-refractivity contribution >= 4 is 57.8 Å². The summed E-state index contributed by atoms with van der Waals surface area (Å²) in [5.41, 5.74) is 18.5. The van der Waals surface area contributed by atoms with Crippen molar-refractivity contribution in [1.29, 1.82) is 0 Å². The van der Waals surface area contributed by atoms with Gasteiger partial charge >= 0.3 is 0 Å². The second-order valence-electron chi connectivity index (χ2n) is 11.5. The van der Waals surface area contributed by atoms with E-state index < -0.39 is 5.91 Å². The zero-order valence-electron chi connectivity index (χ0n) is 28.4. The van der Waals surface area contributed by atoms with E-state index in [1.54, 1.807) is 39.7 Å². The van der Waals surface area contributed by atoms with Crippen LogP contribution in [0.5, 0.6) is 0 Å². The maximum absolute atomic E-state index is 13.2. The molecule has 15 heteroatoms. The number of fused-ring (bicyclic) bond motifs is 2. The number of amides is 2. The number of aryl methyl sites for hydroxylation is 6. The number of imidazole rings is 2. The second-order valence-corrected chi connectivity index (χ2v) is 11.5. The van der Waals surface area contributed by atoms with Gasteiger partial charge in [0.1, 0.15) is 16.9 Å².